The zero-order valence-electron chi connectivity index (χ0n) is 15.6. The van der Waals surface area contributed by atoms with E-state index in [0.29, 0.717) is 12.4 Å². The minimum Gasteiger partial charge on any atom is -0.333 e. The molecule has 4 aromatic rings. The molecule has 142 valence electrons. The molecule has 1 aromatic carbocycles. The second-order valence-electron chi connectivity index (χ2n) is 6.44. The second-order valence-corrected chi connectivity index (χ2v) is 6.44. The Balaban J connectivity index is 1.39. The summed E-state index contributed by atoms with van der Waals surface area (Å²) in [7, 11) is 0. The summed E-state index contributed by atoms with van der Waals surface area (Å²) < 4.78 is 5.39. The van der Waals surface area contributed by atoms with Crippen molar-refractivity contribution >= 4 is 11.7 Å². The van der Waals surface area contributed by atoms with Crippen LogP contribution >= 0.6 is 0 Å². The largest absolute Gasteiger partial charge is 0.333 e. The first kappa shape index (κ1) is 17.7. The van der Waals surface area contributed by atoms with Gasteiger partial charge in [-0.2, -0.15) is 10.2 Å². The lowest BCUT2D eigenvalue weighted by Gasteiger charge is -2.07. The molecule has 0 radical (unpaired) electrons. The summed E-state index contributed by atoms with van der Waals surface area (Å²) in [5.74, 6) is 0.550. The number of rotatable bonds is 7. The van der Waals surface area contributed by atoms with Crippen LogP contribution < -0.4 is 5.32 Å². The molecule has 3 heterocycles. The summed E-state index contributed by atoms with van der Waals surface area (Å²) >= 11 is 0. The van der Waals surface area contributed by atoms with Crippen molar-refractivity contribution in [2.24, 2.45) is 0 Å². The molecule has 0 aliphatic heterocycles. The Bertz CT molecular complexity index is 1040. The standard InChI is InChI=1S/C20H21N7O/c1-2-27-19(7-8-22-27)24-20(28)14-26-13-18(11-23-26)17-5-3-16(4-6-17)12-25-10-9-21-15-25/h3-11,13,15H,2,12,14H2,1H3,(H,24,28). The molecule has 0 bridgehead atoms. The first-order valence-electron chi connectivity index (χ1n) is 9.10. The Kier molecular flexibility index (Phi) is 5.01. The van der Waals surface area contributed by atoms with Gasteiger partial charge in [0.2, 0.25) is 5.91 Å². The summed E-state index contributed by atoms with van der Waals surface area (Å²) in [5, 5.41) is 11.3. The van der Waals surface area contributed by atoms with Gasteiger partial charge in [-0.15, -0.1) is 0 Å². The minimum atomic E-state index is -0.138. The SMILES string of the molecule is CCn1nccc1NC(=O)Cn1cc(-c2ccc(Cn3ccnc3)cc2)cn1. The van der Waals surface area contributed by atoms with Crippen LogP contribution in [-0.4, -0.2) is 35.0 Å². The van der Waals surface area contributed by atoms with E-state index in [1.165, 1.54) is 5.56 Å². The van der Waals surface area contributed by atoms with Crippen molar-refractivity contribution in [2.45, 2.75) is 26.6 Å². The molecule has 3 aromatic heterocycles. The van der Waals surface area contributed by atoms with Crippen molar-refractivity contribution < 1.29 is 4.79 Å². The summed E-state index contributed by atoms with van der Waals surface area (Å²) in [4.78, 5) is 16.3. The van der Waals surface area contributed by atoms with Gasteiger partial charge in [-0.05, 0) is 18.1 Å². The van der Waals surface area contributed by atoms with Crippen LogP contribution in [0.15, 0.2) is 67.6 Å². The lowest BCUT2D eigenvalue weighted by atomic mass is 10.1. The van der Waals surface area contributed by atoms with E-state index in [2.05, 4.69) is 44.8 Å². The number of nitrogens with zero attached hydrogens (tertiary/aromatic N) is 6. The van der Waals surface area contributed by atoms with Crippen molar-refractivity contribution in [1.82, 2.24) is 29.1 Å². The molecule has 1 N–H and O–H groups in total. The maximum atomic E-state index is 12.3. The molecule has 0 fully saturated rings. The first-order chi connectivity index (χ1) is 13.7. The summed E-state index contributed by atoms with van der Waals surface area (Å²) in [5.41, 5.74) is 3.23. The van der Waals surface area contributed by atoms with Crippen LogP contribution in [0.1, 0.15) is 12.5 Å². The molecule has 0 aliphatic carbocycles. The Morgan fingerprint density at radius 1 is 1.07 bits per heavy atom. The van der Waals surface area contributed by atoms with Crippen LogP contribution in [-0.2, 0) is 24.4 Å². The van der Waals surface area contributed by atoms with Crippen molar-refractivity contribution in [2.75, 3.05) is 5.32 Å². The fraction of sp³-hybridized carbons (Fsp3) is 0.200. The van der Waals surface area contributed by atoms with E-state index in [1.807, 2.05) is 23.9 Å². The van der Waals surface area contributed by atoms with Gasteiger partial charge in [0.05, 0.1) is 18.7 Å². The normalized spacial score (nSPS) is 10.9. The van der Waals surface area contributed by atoms with Gasteiger partial charge in [-0.1, -0.05) is 24.3 Å². The number of nitrogens with one attached hydrogen (secondary N) is 1. The predicted molar refractivity (Wildman–Crippen MR) is 106 cm³/mol. The Hall–Kier alpha value is -3.68. The lowest BCUT2D eigenvalue weighted by molar-refractivity contribution is -0.116. The van der Waals surface area contributed by atoms with Crippen LogP contribution in [0.25, 0.3) is 11.1 Å². The molecule has 4 rings (SSSR count). The number of hydrogen-bond acceptors (Lipinski definition) is 4. The number of carbonyl (C=O) groups is 1. The molecule has 1 amide bonds. The summed E-state index contributed by atoms with van der Waals surface area (Å²) in [6.45, 7) is 3.61. The second kappa shape index (κ2) is 7.91. The summed E-state index contributed by atoms with van der Waals surface area (Å²) in [6.07, 6.45) is 10.8. The Morgan fingerprint density at radius 2 is 1.93 bits per heavy atom. The van der Waals surface area contributed by atoms with Crippen LogP contribution in [0.2, 0.25) is 0 Å². The van der Waals surface area contributed by atoms with Gasteiger partial charge in [0.25, 0.3) is 0 Å². The third kappa shape index (κ3) is 4.01. The van der Waals surface area contributed by atoms with Crippen molar-refractivity contribution in [3.05, 3.63) is 73.2 Å². The van der Waals surface area contributed by atoms with E-state index in [4.69, 9.17) is 0 Å². The smallest absolute Gasteiger partial charge is 0.247 e. The zero-order chi connectivity index (χ0) is 19.3. The van der Waals surface area contributed by atoms with Crippen LogP contribution in [0.3, 0.4) is 0 Å². The molecule has 8 nitrogen and oxygen atoms in total. The van der Waals surface area contributed by atoms with E-state index in [1.54, 1.807) is 40.3 Å². The molecule has 0 saturated carbocycles. The number of imidazole rings is 1. The molecular weight excluding hydrogens is 354 g/mol. The highest BCUT2D eigenvalue weighted by Gasteiger charge is 2.09. The molecule has 8 heteroatoms. The highest BCUT2D eigenvalue weighted by molar-refractivity contribution is 5.89. The fourth-order valence-corrected chi connectivity index (χ4v) is 3.01. The van der Waals surface area contributed by atoms with E-state index >= 15 is 0 Å². The van der Waals surface area contributed by atoms with E-state index < -0.39 is 0 Å². The van der Waals surface area contributed by atoms with Gasteiger partial charge in [-0.25, -0.2) is 9.67 Å². The van der Waals surface area contributed by atoms with Crippen LogP contribution in [0, 0.1) is 0 Å². The van der Waals surface area contributed by atoms with E-state index in [0.717, 1.165) is 17.7 Å². The third-order valence-electron chi connectivity index (χ3n) is 4.43. The predicted octanol–water partition coefficient (Wildman–Crippen LogP) is 2.65. The number of anilines is 1. The number of carbonyl (C=O) groups excluding carboxylic acids is 1. The monoisotopic (exact) mass is 375 g/mol. The van der Waals surface area contributed by atoms with Crippen LogP contribution in [0.5, 0.6) is 0 Å². The molecule has 0 spiro atoms. The number of benzene rings is 1. The van der Waals surface area contributed by atoms with Crippen LogP contribution in [0.4, 0.5) is 5.82 Å². The van der Waals surface area contributed by atoms with Gasteiger partial charge < -0.3 is 9.88 Å². The third-order valence-corrected chi connectivity index (χ3v) is 4.43. The molecular formula is C20H21N7O. The quantitative estimate of drug-likeness (QED) is 0.538. The first-order valence-corrected chi connectivity index (χ1v) is 9.10. The molecule has 0 unspecified atom stereocenters. The highest BCUT2D eigenvalue weighted by atomic mass is 16.2. The number of amides is 1. The Morgan fingerprint density at radius 3 is 2.68 bits per heavy atom. The zero-order valence-corrected chi connectivity index (χ0v) is 15.6. The fourth-order valence-electron chi connectivity index (χ4n) is 3.01. The molecule has 0 atom stereocenters. The Labute approximate surface area is 162 Å². The number of aromatic nitrogens is 6. The van der Waals surface area contributed by atoms with Crippen molar-refractivity contribution in [3.63, 3.8) is 0 Å². The highest BCUT2D eigenvalue weighted by Crippen LogP contribution is 2.19. The lowest BCUT2D eigenvalue weighted by Crippen LogP contribution is -2.20. The maximum absolute atomic E-state index is 12.3. The topological polar surface area (TPSA) is 82.6 Å². The van der Waals surface area contributed by atoms with Gasteiger partial charge in [0, 0.05) is 43.3 Å². The van der Waals surface area contributed by atoms with Gasteiger partial charge in [-0.3, -0.25) is 9.48 Å². The van der Waals surface area contributed by atoms with E-state index in [9.17, 15) is 4.79 Å². The average Bonchev–Trinajstić information content (AvgIpc) is 3.45. The maximum Gasteiger partial charge on any atom is 0.247 e. The minimum absolute atomic E-state index is 0.138. The van der Waals surface area contributed by atoms with Gasteiger partial charge in [0.1, 0.15) is 12.4 Å². The summed E-state index contributed by atoms with van der Waals surface area (Å²) in [6, 6.07) is 10.1. The van der Waals surface area contributed by atoms with Crippen molar-refractivity contribution in [3.8, 4) is 11.1 Å². The van der Waals surface area contributed by atoms with Gasteiger partial charge >= 0.3 is 0 Å². The molecule has 0 saturated heterocycles. The van der Waals surface area contributed by atoms with Gasteiger partial charge in [0.15, 0.2) is 0 Å². The number of hydrogen-bond donors (Lipinski definition) is 1. The number of aryl methyl sites for hydroxylation is 1. The molecule has 28 heavy (non-hydrogen) atoms. The van der Waals surface area contributed by atoms with E-state index in [-0.39, 0.29) is 12.5 Å². The molecule has 0 aliphatic rings. The average molecular weight is 375 g/mol. The van der Waals surface area contributed by atoms with Crippen molar-refractivity contribution in [1.29, 1.82) is 0 Å².